The normalized spacial score (nSPS) is 11.4. The topological polar surface area (TPSA) is 44.1 Å². The average Bonchev–Trinajstić information content (AvgIpc) is 2.74. The second kappa shape index (κ2) is 5.29. The Bertz CT molecular complexity index is 642. The maximum Gasteiger partial charge on any atom is 0.362 e. The van der Waals surface area contributed by atoms with Crippen LogP contribution in [0.5, 0.6) is 5.75 Å². The van der Waals surface area contributed by atoms with E-state index in [0.29, 0.717) is 16.5 Å². The molecule has 0 fully saturated rings. The van der Waals surface area contributed by atoms with Crippen LogP contribution >= 0.6 is 11.6 Å². The third-order valence-electron chi connectivity index (χ3n) is 2.90. The first-order valence-electron chi connectivity index (χ1n) is 6.30. The molecule has 106 valence electrons. The summed E-state index contributed by atoms with van der Waals surface area (Å²) in [5.74, 6) is -0.124. The lowest BCUT2D eigenvalue weighted by atomic mass is 9.92. The Morgan fingerprint density at radius 1 is 1.30 bits per heavy atom. The quantitative estimate of drug-likeness (QED) is 0.627. The molecule has 0 atom stereocenters. The third-order valence-corrected chi connectivity index (χ3v) is 3.21. The summed E-state index contributed by atoms with van der Waals surface area (Å²) in [4.78, 5) is 12.2. The number of aromatic nitrogens is 2. The van der Waals surface area contributed by atoms with Gasteiger partial charge in [0.15, 0.2) is 0 Å². The molecule has 0 aliphatic heterocycles. The van der Waals surface area contributed by atoms with Gasteiger partial charge < -0.3 is 4.74 Å². The summed E-state index contributed by atoms with van der Waals surface area (Å²) in [6.45, 7) is 6.12. The zero-order valence-electron chi connectivity index (χ0n) is 12.0. The maximum atomic E-state index is 12.2. The summed E-state index contributed by atoms with van der Waals surface area (Å²) in [6.07, 6.45) is 0. The summed E-state index contributed by atoms with van der Waals surface area (Å²) in [7, 11) is 1.72. The highest BCUT2D eigenvalue weighted by molar-refractivity contribution is 6.32. The van der Waals surface area contributed by atoms with E-state index in [1.165, 1.54) is 4.68 Å². The molecule has 0 saturated heterocycles. The molecule has 1 heterocycles. The number of rotatable bonds is 2. The molecule has 4 nitrogen and oxygen atoms in total. The fourth-order valence-electron chi connectivity index (χ4n) is 1.70. The molecule has 0 radical (unpaired) electrons. The molecule has 0 aliphatic carbocycles. The second-order valence-electron chi connectivity index (χ2n) is 5.61. The van der Waals surface area contributed by atoms with Crippen LogP contribution in [-0.2, 0) is 12.5 Å². The summed E-state index contributed by atoms with van der Waals surface area (Å²) in [5.41, 5.74) is 1.11. The summed E-state index contributed by atoms with van der Waals surface area (Å²) < 4.78 is 6.83. The number of hydrogen-bond donors (Lipinski definition) is 0. The van der Waals surface area contributed by atoms with Crippen LogP contribution < -0.4 is 4.74 Å². The van der Waals surface area contributed by atoms with E-state index in [-0.39, 0.29) is 5.41 Å². The Balaban J connectivity index is 2.27. The minimum absolute atomic E-state index is 0.124. The number of aryl methyl sites for hydroxylation is 1. The van der Waals surface area contributed by atoms with Gasteiger partial charge in [-0.3, -0.25) is 4.68 Å². The van der Waals surface area contributed by atoms with Crippen LogP contribution in [0.4, 0.5) is 0 Å². The minimum atomic E-state index is -0.469. The molecular weight excluding hydrogens is 276 g/mol. The molecule has 2 rings (SSSR count). The van der Waals surface area contributed by atoms with Crippen LogP contribution in [-0.4, -0.2) is 15.7 Å². The van der Waals surface area contributed by atoms with Crippen molar-refractivity contribution in [1.82, 2.24) is 9.78 Å². The Morgan fingerprint density at radius 2 is 1.95 bits per heavy atom. The largest absolute Gasteiger partial charge is 0.420 e. The molecule has 0 bridgehead atoms. The molecule has 0 N–H and O–H groups in total. The molecule has 1 aromatic carbocycles. The van der Waals surface area contributed by atoms with E-state index >= 15 is 0 Å². The Labute approximate surface area is 123 Å². The van der Waals surface area contributed by atoms with Gasteiger partial charge in [-0.2, -0.15) is 5.10 Å². The lowest BCUT2D eigenvalue weighted by Gasteiger charge is -2.13. The number of ether oxygens (including phenoxy) is 1. The SMILES string of the molecule is Cn1nc(C(C)(C)C)cc1C(=O)Oc1ccccc1Cl. The highest BCUT2D eigenvalue weighted by atomic mass is 35.5. The van der Waals surface area contributed by atoms with Crippen LogP contribution in [0.1, 0.15) is 37.0 Å². The standard InChI is InChI=1S/C15H17ClN2O2/c1-15(2,3)13-9-11(18(4)17-13)14(19)20-12-8-6-5-7-10(12)16/h5-9H,1-4H3. The van der Waals surface area contributed by atoms with Gasteiger partial charge in [-0.05, 0) is 18.2 Å². The van der Waals surface area contributed by atoms with E-state index in [1.54, 1.807) is 37.4 Å². The summed E-state index contributed by atoms with van der Waals surface area (Å²) in [5, 5.41) is 4.75. The van der Waals surface area contributed by atoms with Gasteiger partial charge in [0.2, 0.25) is 0 Å². The van der Waals surface area contributed by atoms with Gasteiger partial charge in [0, 0.05) is 12.5 Å². The highest BCUT2D eigenvalue weighted by Gasteiger charge is 2.23. The van der Waals surface area contributed by atoms with E-state index in [1.807, 2.05) is 20.8 Å². The number of para-hydroxylation sites is 1. The van der Waals surface area contributed by atoms with E-state index in [9.17, 15) is 4.79 Å². The first-order chi connectivity index (χ1) is 9.29. The molecule has 5 heteroatoms. The fourth-order valence-corrected chi connectivity index (χ4v) is 1.88. The van der Waals surface area contributed by atoms with Crippen molar-refractivity contribution in [3.8, 4) is 5.75 Å². The van der Waals surface area contributed by atoms with Gasteiger partial charge in [-0.25, -0.2) is 4.79 Å². The molecule has 0 amide bonds. The number of benzene rings is 1. The number of nitrogens with zero attached hydrogens (tertiary/aromatic N) is 2. The molecule has 20 heavy (non-hydrogen) atoms. The number of halogens is 1. The summed E-state index contributed by atoms with van der Waals surface area (Å²) >= 11 is 5.97. The van der Waals surface area contributed by atoms with Crippen molar-refractivity contribution in [1.29, 1.82) is 0 Å². The Morgan fingerprint density at radius 3 is 2.50 bits per heavy atom. The van der Waals surface area contributed by atoms with Gasteiger partial charge in [0.05, 0.1) is 10.7 Å². The van der Waals surface area contributed by atoms with Crippen LogP contribution in [0.3, 0.4) is 0 Å². The minimum Gasteiger partial charge on any atom is -0.420 e. The first-order valence-corrected chi connectivity index (χ1v) is 6.68. The zero-order chi connectivity index (χ0) is 14.9. The number of hydrogen-bond acceptors (Lipinski definition) is 3. The Kier molecular flexibility index (Phi) is 3.86. The van der Waals surface area contributed by atoms with Crippen molar-refractivity contribution in [2.24, 2.45) is 7.05 Å². The Hall–Kier alpha value is -1.81. The second-order valence-corrected chi connectivity index (χ2v) is 6.02. The van der Waals surface area contributed by atoms with Crippen LogP contribution in [0, 0.1) is 0 Å². The van der Waals surface area contributed by atoms with Crippen molar-refractivity contribution >= 4 is 17.6 Å². The van der Waals surface area contributed by atoms with Gasteiger partial charge in [-0.15, -0.1) is 0 Å². The predicted molar refractivity (Wildman–Crippen MR) is 78.3 cm³/mol. The number of carbonyl (C=O) groups excluding carboxylic acids is 1. The van der Waals surface area contributed by atoms with Gasteiger partial charge in [0.25, 0.3) is 0 Å². The molecule has 0 unspecified atom stereocenters. The van der Waals surface area contributed by atoms with E-state index in [0.717, 1.165) is 5.69 Å². The van der Waals surface area contributed by atoms with Crippen molar-refractivity contribution in [2.75, 3.05) is 0 Å². The molecular formula is C15H17ClN2O2. The van der Waals surface area contributed by atoms with Crippen LogP contribution in [0.2, 0.25) is 5.02 Å². The fraction of sp³-hybridized carbons (Fsp3) is 0.333. The van der Waals surface area contributed by atoms with Crippen molar-refractivity contribution in [3.05, 3.63) is 46.7 Å². The number of esters is 1. The maximum absolute atomic E-state index is 12.2. The van der Waals surface area contributed by atoms with Crippen molar-refractivity contribution < 1.29 is 9.53 Å². The van der Waals surface area contributed by atoms with Crippen molar-refractivity contribution in [3.63, 3.8) is 0 Å². The lowest BCUT2D eigenvalue weighted by Crippen LogP contribution is -2.13. The predicted octanol–water partition coefficient (Wildman–Crippen LogP) is 3.59. The van der Waals surface area contributed by atoms with Crippen molar-refractivity contribution in [2.45, 2.75) is 26.2 Å². The lowest BCUT2D eigenvalue weighted by molar-refractivity contribution is 0.0723. The molecule has 0 spiro atoms. The molecule has 1 aromatic heterocycles. The van der Waals surface area contributed by atoms with E-state index < -0.39 is 5.97 Å². The molecule has 0 saturated carbocycles. The zero-order valence-corrected chi connectivity index (χ0v) is 12.7. The molecule has 2 aromatic rings. The first kappa shape index (κ1) is 14.6. The van der Waals surface area contributed by atoms with Gasteiger partial charge in [0.1, 0.15) is 11.4 Å². The van der Waals surface area contributed by atoms with Crippen LogP contribution in [0.25, 0.3) is 0 Å². The van der Waals surface area contributed by atoms with E-state index in [4.69, 9.17) is 16.3 Å². The third kappa shape index (κ3) is 3.02. The van der Waals surface area contributed by atoms with Gasteiger partial charge >= 0.3 is 5.97 Å². The van der Waals surface area contributed by atoms with E-state index in [2.05, 4.69) is 5.10 Å². The summed E-state index contributed by atoms with van der Waals surface area (Å²) in [6, 6.07) is 8.62. The monoisotopic (exact) mass is 292 g/mol. The van der Waals surface area contributed by atoms with Crippen LogP contribution in [0.15, 0.2) is 30.3 Å². The highest BCUT2D eigenvalue weighted by Crippen LogP contribution is 2.25. The average molecular weight is 293 g/mol. The number of carbonyl (C=O) groups is 1. The van der Waals surface area contributed by atoms with Gasteiger partial charge in [-0.1, -0.05) is 44.5 Å². The molecule has 0 aliphatic rings. The smallest absolute Gasteiger partial charge is 0.362 e.